The normalized spacial score (nSPS) is 12.2. The Kier molecular flexibility index (Phi) is 3.73. The van der Waals surface area contributed by atoms with Crippen molar-refractivity contribution in [3.05, 3.63) is 29.6 Å². The van der Waals surface area contributed by atoms with Crippen LogP contribution in [0, 0.1) is 17.5 Å². The van der Waals surface area contributed by atoms with Crippen LogP contribution in [0.3, 0.4) is 0 Å². The number of carbonyl (C=O) groups is 1. The van der Waals surface area contributed by atoms with E-state index in [0.717, 1.165) is 0 Å². The van der Waals surface area contributed by atoms with Gasteiger partial charge in [-0.1, -0.05) is 0 Å². The van der Waals surface area contributed by atoms with Crippen LogP contribution < -0.4 is 11.1 Å². The average molecular weight is 234 g/mol. The van der Waals surface area contributed by atoms with Gasteiger partial charge in [0.25, 0.3) is 0 Å². The average Bonchev–Trinajstić information content (AvgIpc) is 2.22. The van der Waals surface area contributed by atoms with Gasteiger partial charge in [0.05, 0.1) is 0 Å². The van der Waals surface area contributed by atoms with Gasteiger partial charge < -0.3 is 16.2 Å². The first kappa shape index (κ1) is 12.3. The second-order valence-electron chi connectivity index (χ2n) is 3.08. The maximum absolute atomic E-state index is 12.7. The molecule has 0 saturated carbocycles. The number of anilines is 1. The Balaban J connectivity index is 2.72. The summed E-state index contributed by atoms with van der Waals surface area (Å²) in [6.07, 6.45) is 0. The quantitative estimate of drug-likeness (QED) is 0.677. The molecule has 0 aliphatic heterocycles. The molecule has 7 heteroatoms. The van der Waals surface area contributed by atoms with Gasteiger partial charge in [0.1, 0.15) is 6.04 Å². The third-order valence-electron chi connectivity index (χ3n) is 1.83. The molecule has 0 aliphatic carbocycles. The lowest BCUT2D eigenvalue weighted by Gasteiger charge is -2.10. The van der Waals surface area contributed by atoms with E-state index < -0.39 is 29.5 Å². The number of benzene rings is 1. The molecule has 16 heavy (non-hydrogen) atoms. The van der Waals surface area contributed by atoms with Crippen molar-refractivity contribution in [2.75, 3.05) is 11.9 Å². The van der Waals surface area contributed by atoms with Gasteiger partial charge in [-0.3, -0.25) is 4.79 Å². The molecule has 1 aromatic rings. The molecule has 0 aromatic heterocycles. The maximum atomic E-state index is 12.7. The number of nitrogens with one attached hydrogen (secondary N) is 1. The maximum Gasteiger partial charge on any atom is 0.322 e. The summed E-state index contributed by atoms with van der Waals surface area (Å²) >= 11 is 0. The summed E-state index contributed by atoms with van der Waals surface area (Å²) in [5.74, 6) is -5.54. The van der Waals surface area contributed by atoms with Crippen molar-refractivity contribution in [3.8, 4) is 0 Å². The zero-order valence-electron chi connectivity index (χ0n) is 8.01. The van der Waals surface area contributed by atoms with E-state index in [1.165, 1.54) is 0 Å². The number of carboxylic acids is 1. The number of halogens is 3. The van der Waals surface area contributed by atoms with E-state index in [1.807, 2.05) is 0 Å². The molecule has 0 amide bonds. The Morgan fingerprint density at radius 1 is 1.38 bits per heavy atom. The molecule has 4 N–H and O–H groups in total. The molecule has 0 saturated heterocycles. The van der Waals surface area contributed by atoms with E-state index in [1.54, 1.807) is 0 Å². The Hall–Kier alpha value is -1.76. The minimum atomic E-state index is -1.58. The minimum Gasteiger partial charge on any atom is -0.480 e. The second kappa shape index (κ2) is 4.84. The molecule has 0 spiro atoms. The first-order valence-corrected chi connectivity index (χ1v) is 4.28. The van der Waals surface area contributed by atoms with Gasteiger partial charge in [-0.05, 0) is 0 Å². The van der Waals surface area contributed by atoms with Gasteiger partial charge in [-0.2, -0.15) is 0 Å². The van der Waals surface area contributed by atoms with Gasteiger partial charge in [-0.25, -0.2) is 13.2 Å². The van der Waals surface area contributed by atoms with Crippen LogP contribution in [0.1, 0.15) is 0 Å². The molecule has 1 unspecified atom stereocenters. The van der Waals surface area contributed by atoms with Crippen molar-refractivity contribution in [3.63, 3.8) is 0 Å². The van der Waals surface area contributed by atoms with E-state index in [9.17, 15) is 18.0 Å². The van der Waals surface area contributed by atoms with Crippen molar-refractivity contribution >= 4 is 11.7 Å². The molecule has 1 aromatic carbocycles. The largest absolute Gasteiger partial charge is 0.480 e. The molecule has 0 bridgehead atoms. The predicted octanol–water partition coefficient (Wildman–Crippen LogP) is 0.928. The Morgan fingerprint density at radius 2 is 1.88 bits per heavy atom. The lowest BCUT2D eigenvalue weighted by atomic mass is 10.2. The van der Waals surface area contributed by atoms with Gasteiger partial charge in [0, 0.05) is 24.4 Å². The van der Waals surface area contributed by atoms with Crippen LogP contribution in [-0.2, 0) is 4.79 Å². The monoisotopic (exact) mass is 234 g/mol. The van der Waals surface area contributed by atoms with Crippen molar-refractivity contribution < 1.29 is 23.1 Å². The molecule has 0 heterocycles. The fourth-order valence-electron chi connectivity index (χ4n) is 0.973. The number of nitrogens with two attached hydrogens (primary N) is 1. The summed E-state index contributed by atoms with van der Waals surface area (Å²) in [7, 11) is 0. The van der Waals surface area contributed by atoms with Crippen molar-refractivity contribution in [2.45, 2.75) is 6.04 Å². The van der Waals surface area contributed by atoms with E-state index >= 15 is 0 Å². The number of hydrogen-bond donors (Lipinski definition) is 3. The predicted molar refractivity (Wildman–Crippen MR) is 50.4 cm³/mol. The smallest absolute Gasteiger partial charge is 0.322 e. The summed E-state index contributed by atoms with van der Waals surface area (Å²) in [5, 5.41) is 10.8. The van der Waals surface area contributed by atoms with E-state index in [2.05, 4.69) is 5.32 Å². The first-order chi connectivity index (χ1) is 7.41. The van der Waals surface area contributed by atoms with Crippen LogP contribution in [-0.4, -0.2) is 23.7 Å². The lowest BCUT2D eigenvalue weighted by molar-refractivity contribution is -0.138. The zero-order valence-corrected chi connectivity index (χ0v) is 8.01. The summed E-state index contributed by atoms with van der Waals surface area (Å²) in [5.41, 5.74) is 5.07. The number of rotatable bonds is 4. The fraction of sp³-hybridized carbons (Fsp3) is 0.222. The van der Waals surface area contributed by atoms with Crippen LogP contribution in [0.15, 0.2) is 12.1 Å². The Morgan fingerprint density at radius 3 is 2.31 bits per heavy atom. The summed E-state index contributed by atoms with van der Waals surface area (Å²) in [6.45, 7) is -0.222. The molecule has 88 valence electrons. The summed E-state index contributed by atoms with van der Waals surface area (Å²) < 4.78 is 38.0. The second-order valence-corrected chi connectivity index (χ2v) is 3.08. The molecule has 0 fully saturated rings. The lowest BCUT2D eigenvalue weighted by Crippen LogP contribution is -2.36. The van der Waals surface area contributed by atoms with Crippen LogP contribution in [0.2, 0.25) is 0 Å². The molecule has 1 rings (SSSR count). The van der Waals surface area contributed by atoms with E-state index in [-0.39, 0.29) is 12.2 Å². The van der Waals surface area contributed by atoms with Crippen LogP contribution in [0.5, 0.6) is 0 Å². The van der Waals surface area contributed by atoms with Gasteiger partial charge in [0.2, 0.25) is 0 Å². The number of carboxylic acid groups (broad SMARTS) is 1. The van der Waals surface area contributed by atoms with Gasteiger partial charge in [0.15, 0.2) is 17.5 Å². The summed E-state index contributed by atoms with van der Waals surface area (Å²) in [4.78, 5) is 10.3. The highest BCUT2D eigenvalue weighted by atomic mass is 19.2. The topological polar surface area (TPSA) is 75.3 Å². The minimum absolute atomic E-state index is 0.0758. The molecule has 1 atom stereocenters. The Labute approximate surface area is 88.9 Å². The third-order valence-corrected chi connectivity index (χ3v) is 1.83. The summed E-state index contributed by atoms with van der Waals surface area (Å²) in [6, 6.07) is 0.219. The van der Waals surface area contributed by atoms with Gasteiger partial charge >= 0.3 is 5.97 Å². The number of hydrogen-bond acceptors (Lipinski definition) is 3. The zero-order chi connectivity index (χ0) is 12.3. The third kappa shape index (κ3) is 2.86. The fourth-order valence-corrected chi connectivity index (χ4v) is 0.973. The van der Waals surface area contributed by atoms with Crippen LogP contribution in [0.4, 0.5) is 18.9 Å². The van der Waals surface area contributed by atoms with Crippen LogP contribution in [0.25, 0.3) is 0 Å². The van der Waals surface area contributed by atoms with Crippen molar-refractivity contribution in [1.82, 2.24) is 0 Å². The molecular formula is C9H9F3N2O2. The molecule has 0 aliphatic rings. The first-order valence-electron chi connectivity index (χ1n) is 4.28. The van der Waals surface area contributed by atoms with Crippen molar-refractivity contribution in [2.24, 2.45) is 5.73 Å². The standard InChI is InChI=1S/C9H9F3N2O2/c10-5-1-4(2-6(11)8(5)12)14-3-7(13)9(15)16/h1-2,7,14H,3,13H2,(H,15,16). The SMILES string of the molecule is NC(CNc1cc(F)c(F)c(F)c1)C(=O)O. The van der Waals surface area contributed by atoms with Gasteiger partial charge in [-0.15, -0.1) is 0 Å². The molecule has 4 nitrogen and oxygen atoms in total. The highest BCUT2D eigenvalue weighted by molar-refractivity contribution is 5.74. The van der Waals surface area contributed by atoms with E-state index in [4.69, 9.17) is 10.8 Å². The van der Waals surface area contributed by atoms with Crippen molar-refractivity contribution in [1.29, 1.82) is 0 Å². The molecular weight excluding hydrogens is 225 g/mol. The van der Waals surface area contributed by atoms with Crippen LogP contribution >= 0.6 is 0 Å². The highest BCUT2D eigenvalue weighted by Crippen LogP contribution is 2.17. The number of aliphatic carboxylic acids is 1. The van der Waals surface area contributed by atoms with E-state index in [0.29, 0.717) is 12.1 Å². The Bertz CT molecular complexity index is 389. The highest BCUT2D eigenvalue weighted by Gasteiger charge is 2.13. The molecule has 0 radical (unpaired) electrons.